The Balaban J connectivity index is 1.39. The van der Waals surface area contributed by atoms with Crippen molar-refractivity contribution >= 4 is 28.0 Å². The quantitative estimate of drug-likeness (QED) is 0.384. The third kappa shape index (κ3) is 4.25. The molecule has 0 bridgehead atoms. The van der Waals surface area contributed by atoms with Gasteiger partial charge >= 0.3 is 0 Å². The largest absolute Gasteiger partial charge is 0.612 e. The second kappa shape index (κ2) is 9.27. The summed E-state index contributed by atoms with van der Waals surface area (Å²) in [5.41, 5.74) is 3.09. The summed E-state index contributed by atoms with van der Waals surface area (Å²) in [4.78, 5) is 24.4. The van der Waals surface area contributed by atoms with Gasteiger partial charge in [-0.15, -0.1) is 0 Å². The first-order chi connectivity index (χ1) is 17.5. The molecule has 2 fully saturated rings. The summed E-state index contributed by atoms with van der Waals surface area (Å²) in [6.07, 6.45) is 6.78. The van der Waals surface area contributed by atoms with E-state index in [-0.39, 0.29) is 11.5 Å². The number of ether oxygens (including phenoxy) is 1. The van der Waals surface area contributed by atoms with Crippen molar-refractivity contribution in [1.82, 2.24) is 24.6 Å². The van der Waals surface area contributed by atoms with Gasteiger partial charge in [-0.3, -0.25) is 4.79 Å². The van der Waals surface area contributed by atoms with E-state index < -0.39 is 17.0 Å². The van der Waals surface area contributed by atoms with Crippen LogP contribution in [-0.4, -0.2) is 67.7 Å². The van der Waals surface area contributed by atoms with Gasteiger partial charge in [0.1, 0.15) is 12.1 Å². The van der Waals surface area contributed by atoms with Crippen LogP contribution in [-0.2, 0) is 15.9 Å². The molecule has 1 unspecified atom stereocenters. The minimum absolute atomic E-state index is 0.0409. The number of amides is 1. The molecule has 184 valence electrons. The lowest BCUT2D eigenvalue weighted by Gasteiger charge is -2.26. The van der Waals surface area contributed by atoms with Crippen LogP contribution in [0.1, 0.15) is 34.8 Å². The molecule has 2 aliphatic rings. The fraction of sp³-hybridized carbons (Fsp3) is 0.308. The normalized spacial score (nSPS) is 16.9. The summed E-state index contributed by atoms with van der Waals surface area (Å²) in [6.45, 7) is 2.21. The predicted octanol–water partition coefficient (Wildman–Crippen LogP) is 3.71. The van der Waals surface area contributed by atoms with Crippen molar-refractivity contribution in [1.29, 1.82) is 0 Å². The standard InChI is InChI=1S/C26H24FN5O3S/c1-36(34)19-5-7-22(27)21(13-19)18-14-28-26(29-15-18)32-23-12-17(25(33)31-8-10-35-11-9-31)4-6-20(23)24(30-32)16-2-3-16/h4-7,12-16H,2-3,8-11H2,1H3. The summed E-state index contributed by atoms with van der Waals surface area (Å²) >= 11 is -1.23. The van der Waals surface area contributed by atoms with Gasteiger partial charge in [0, 0.05) is 59.5 Å². The predicted molar refractivity (Wildman–Crippen MR) is 133 cm³/mol. The van der Waals surface area contributed by atoms with Crippen LogP contribution < -0.4 is 0 Å². The van der Waals surface area contributed by atoms with Crippen molar-refractivity contribution in [2.75, 3.05) is 32.6 Å². The summed E-state index contributed by atoms with van der Waals surface area (Å²) in [5.74, 6) is 0.246. The molecule has 1 saturated heterocycles. The number of halogens is 1. The maximum Gasteiger partial charge on any atom is 0.254 e. The number of carbonyl (C=O) groups is 1. The van der Waals surface area contributed by atoms with Gasteiger partial charge in [-0.25, -0.2) is 14.4 Å². The first kappa shape index (κ1) is 23.1. The summed E-state index contributed by atoms with van der Waals surface area (Å²) in [7, 11) is 0. The second-order valence-corrected chi connectivity index (χ2v) is 10.5. The number of hydrogen-bond acceptors (Lipinski definition) is 6. The molecular weight excluding hydrogens is 481 g/mol. The van der Waals surface area contributed by atoms with Gasteiger partial charge in [-0.05, 0) is 48.3 Å². The van der Waals surface area contributed by atoms with Crippen LogP contribution in [0.5, 0.6) is 0 Å². The first-order valence-electron chi connectivity index (χ1n) is 11.8. The molecule has 1 aliphatic carbocycles. The summed E-state index contributed by atoms with van der Waals surface area (Å²) in [6, 6.07) is 10.0. The SMILES string of the molecule is C[S+]([O-])c1ccc(F)c(-c2cnc(-n3nc(C4CC4)c4ccc(C(=O)N5CCOCC5)cc43)nc2)c1. The number of hydrogen-bond donors (Lipinski definition) is 0. The van der Waals surface area contributed by atoms with E-state index in [0.29, 0.717) is 54.2 Å². The highest BCUT2D eigenvalue weighted by molar-refractivity contribution is 7.90. The molecular formula is C26H24FN5O3S. The second-order valence-electron chi connectivity index (χ2n) is 9.08. The highest BCUT2D eigenvalue weighted by Crippen LogP contribution is 2.43. The third-order valence-corrected chi connectivity index (χ3v) is 7.55. The van der Waals surface area contributed by atoms with Gasteiger partial charge in [0.15, 0.2) is 4.90 Å². The van der Waals surface area contributed by atoms with Crippen LogP contribution >= 0.6 is 0 Å². The lowest BCUT2D eigenvalue weighted by atomic mass is 10.1. The maximum atomic E-state index is 14.5. The number of nitrogens with zero attached hydrogens (tertiary/aromatic N) is 5. The van der Waals surface area contributed by atoms with E-state index in [1.54, 1.807) is 21.9 Å². The van der Waals surface area contributed by atoms with E-state index in [2.05, 4.69) is 9.97 Å². The minimum atomic E-state index is -1.23. The van der Waals surface area contributed by atoms with E-state index in [1.807, 2.05) is 18.2 Å². The fourth-order valence-corrected chi connectivity index (χ4v) is 5.05. The van der Waals surface area contributed by atoms with Crippen LogP contribution in [0.15, 0.2) is 53.7 Å². The van der Waals surface area contributed by atoms with Gasteiger partial charge < -0.3 is 14.2 Å². The van der Waals surface area contributed by atoms with Crippen LogP contribution in [0.4, 0.5) is 4.39 Å². The van der Waals surface area contributed by atoms with Gasteiger partial charge in [0.25, 0.3) is 11.9 Å². The number of aromatic nitrogens is 4. The number of fused-ring (bicyclic) bond motifs is 1. The van der Waals surface area contributed by atoms with E-state index in [0.717, 1.165) is 29.4 Å². The number of rotatable bonds is 5. The molecule has 6 rings (SSSR count). The van der Waals surface area contributed by atoms with Crippen molar-refractivity contribution in [2.24, 2.45) is 0 Å². The topological polar surface area (TPSA) is 96.2 Å². The Bertz CT molecular complexity index is 1450. The monoisotopic (exact) mass is 505 g/mol. The first-order valence-corrected chi connectivity index (χ1v) is 13.4. The highest BCUT2D eigenvalue weighted by atomic mass is 32.2. The number of carbonyl (C=O) groups excluding carboxylic acids is 1. The molecule has 1 atom stereocenters. The van der Waals surface area contributed by atoms with Crippen molar-refractivity contribution < 1.29 is 18.5 Å². The van der Waals surface area contributed by atoms with Crippen molar-refractivity contribution in [3.63, 3.8) is 0 Å². The van der Waals surface area contributed by atoms with Crippen LogP contribution in [0.3, 0.4) is 0 Å². The Morgan fingerprint density at radius 1 is 1.11 bits per heavy atom. The third-order valence-electron chi connectivity index (χ3n) is 6.63. The molecule has 0 radical (unpaired) electrons. The van der Waals surface area contributed by atoms with Crippen molar-refractivity contribution in [2.45, 2.75) is 23.7 Å². The molecule has 1 aliphatic heterocycles. The molecule has 3 heterocycles. The fourth-order valence-electron chi connectivity index (χ4n) is 4.51. The van der Waals surface area contributed by atoms with Crippen LogP contribution in [0, 0.1) is 5.82 Å². The molecule has 1 saturated carbocycles. The molecule has 4 aromatic rings. The molecule has 2 aromatic carbocycles. The Labute approximate surface area is 210 Å². The highest BCUT2D eigenvalue weighted by Gasteiger charge is 2.30. The van der Waals surface area contributed by atoms with Crippen LogP contribution in [0.25, 0.3) is 28.0 Å². The Kier molecular flexibility index (Phi) is 5.94. The van der Waals surface area contributed by atoms with E-state index >= 15 is 0 Å². The smallest absolute Gasteiger partial charge is 0.254 e. The molecule has 10 heteroatoms. The molecule has 0 spiro atoms. The molecule has 0 N–H and O–H groups in total. The summed E-state index contributed by atoms with van der Waals surface area (Å²) in [5, 5.41) is 5.80. The Hall–Kier alpha value is -3.34. The molecule has 1 amide bonds. The lowest BCUT2D eigenvalue weighted by Crippen LogP contribution is -2.40. The molecule has 2 aromatic heterocycles. The van der Waals surface area contributed by atoms with Crippen molar-refractivity contribution in [3.8, 4) is 17.1 Å². The molecule has 8 nitrogen and oxygen atoms in total. The average molecular weight is 506 g/mol. The van der Waals surface area contributed by atoms with Crippen LogP contribution in [0.2, 0.25) is 0 Å². The van der Waals surface area contributed by atoms with Gasteiger partial charge in [0.2, 0.25) is 0 Å². The number of benzene rings is 2. The minimum Gasteiger partial charge on any atom is -0.612 e. The summed E-state index contributed by atoms with van der Waals surface area (Å²) < 4.78 is 33.4. The zero-order valence-electron chi connectivity index (χ0n) is 19.7. The Morgan fingerprint density at radius 2 is 1.86 bits per heavy atom. The Morgan fingerprint density at radius 3 is 2.56 bits per heavy atom. The van der Waals surface area contributed by atoms with E-state index in [4.69, 9.17) is 9.84 Å². The lowest BCUT2D eigenvalue weighted by molar-refractivity contribution is 0.0303. The maximum absolute atomic E-state index is 14.5. The zero-order valence-corrected chi connectivity index (χ0v) is 20.5. The van der Waals surface area contributed by atoms with E-state index in [9.17, 15) is 13.7 Å². The van der Waals surface area contributed by atoms with E-state index in [1.165, 1.54) is 24.5 Å². The van der Waals surface area contributed by atoms with Gasteiger partial charge in [0.05, 0.1) is 24.4 Å². The van der Waals surface area contributed by atoms with Gasteiger partial charge in [-0.2, -0.15) is 9.78 Å². The number of morpholine rings is 1. The van der Waals surface area contributed by atoms with Gasteiger partial charge in [-0.1, -0.05) is 6.07 Å². The zero-order chi connectivity index (χ0) is 24.8. The molecule has 36 heavy (non-hydrogen) atoms. The van der Waals surface area contributed by atoms with Crippen molar-refractivity contribution in [3.05, 3.63) is 65.9 Å². The average Bonchev–Trinajstić information content (AvgIpc) is 3.69.